The van der Waals surface area contributed by atoms with Crippen molar-refractivity contribution >= 4 is 11.8 Å². The summed E-state index contributed by atoms with van der Waals surface area (Å²) in [5.74, 6) is -0.500. The molecular weight excluding hydrogens is 316 g/mol. The summed E-state index contributed by atoms with van der Waals surface area (Å²) in [6.45, 7) is 3.51. The third-order valence-corrected chi connectivity index (χ3v) is 3.82. The van der Waals surface area contributed by atoms with Gasteiger partial charge in [-0.2, -0.15) is 0 Å². The Morgan fingerprint density at radius 2 is 1.12 bits per heavy atom. The molecule has 0 bridgehead atoms. The molecular formula is C20H24N2O3. The monoisotopic (exact) mass is 340 g/mol. The van der Waals surface area contributed by atoms with Gasteiger partial charge in [-0.05, 0) is 25.0 Å². The van der Waals surface area contributed by atoms with E-state index in [2.05, 4.69) is 10.6 Å². The van der Waals surface area contributed by atoms with Crippen LogP contribution in [0.3, 0.4) is 0 Å². The maximum Gasteiger partial charge on any atom is 0.246 e. The second-order valence-corrected chi connectivity index (χ2v) is 5.89. The Hall–Kier alpha value is -2.66. The van der Waals surface area contributed by atoms with Gasteiger partial charge in [-0.1, -0.05) is 60.7 Å². The number of rotatable bonds is 8. The van der Waals surface area contributed by atoms with Crippen LogP contribution in [0.1, 0.15) is 37.1 Å². The standard InChI is InChI=1S/C20H24N2O3/c1-15(17-9-5-3-6-10-17)21-19(23)13-25-14-20(24)22-16(2)18-11-7-4-8-12-18/h3-12,15-16H,13-14H2,1-2H3,(H,21,23)(H,22,24). The van der Waals surface area contributed by atoms with E-state index in [1.54, 1.807) is 0 Å². The minimum Gasteiger partial charge on any atom is -0.362 e. The van der Waals surface area contributed by atoms with E-state index in [0.29, 0.717) is 0 Å². The van der Waals surface area contributed by atoms with Crippen LogP contribution in [0.5, 0.6) is 0 Å². The zero-order valence-electron chi connectivity index (χ0n) is 14.6. The fraction of sp³-hybridized carbons (Fsp3) is 0.300. The summed E-state index contributed by atoms with van der Waals surface area (Å²) in [4.78, 5) is 23.8. The second kappa shape index (κ2) is 9.59. The molecule has 2 unspecified atom stereocenters. The van der Waals surface area contributed by atoms with E-state index in [1.807, 2.05) is 74.5 Å². The van der Waals surface area contributed by atoms with Gasteiger partial charge in [0.25, 0.3) is 0 Å². The second-order valence-electron chi connectivity index (χ2n) is 5.89. The first-order valence-corrected chi connectivity index (χ1v) is 8.32. The molecule has 5 heteroatoms. The van der Waals surface area contributed by atoms with Crippen molar-refractivity contribution < 1.29 is 14.3 Å². The van der Waals surface area contributed by atoms with E-state index in [1.165, 1.54) is 0 Å². The quantitative estimate of drug-likeness (QED) is 0.776. The summed E-state index contributed by atoms with van der Waals surface area (Å²) in [5.41, 5.74) is 2.04. The van der Waals surface area contributed by atoms with Gasteiger partial charge in [0.1, 0.15) is 13.2 Å². The van der Waals surface area contributed by atoms with E-state index in [4.69, 9.17) is 4.74 Å². The average molecular weight is 340 g/mol. The van der Waals surface area contributed by atoms with E-state index in [0.717, 1.165) is 11.1 Å². The fourth-order valence-corrected chi connectivity index (χ4v) is 2.45. The number of nitrogens with one attached hydrogen (secondary N) is 2. The van der Waals surface area contributed by atoms with Gasteiger partial charge in [-0.15, -0.1) is 0 Å². The fourth-order valence-electron chi connectivity index (χ4n) is 2.45. The summed E-state index contributed by atoms with van der Waals surface area (Å²) >= 11 is 0. The molecule has 2 aromatic rings. The maximum atomic E-state index is 11.9. The molecule has 2 N–H and O–H groups in total. The molecule has 5 nitrogen and oxygen atoms in total. The molecule has 25 heavy (non-hydrogen) atoms. The van der Waals surface area contributed by atoms with Gasteiger partial charge in [-0.25, -0.2) is 0 Å². The molecule has 0 aliphatic rings. The van der Waals surface area contributed by atoms with Gasteiger partial charge >= 0.3 is 0 Å². The zero-order valence-corrected chi connectivity index (χ0v) is 14.6. The SMILES string of the molecule is CC(NC(=O)COCC(=O)NC(C)c1ccccc1)c1ccccc1. The first kappa shape index (κ1) is 18.7. The minimum atomic E-state index is -0.250. The lowest BCUT2D eigenvalue weighted by molar-refractivity contribution is -0.131. The highest BCUT2D eigenvalue weighted by Gasteiger charge is 2.12. The van der Waals surface area contributed by atoms with E-state index in [9.17, 15) is 9.59 Å². The summed E-state index contributed by atoms with van der Waals surface area (Å²) in [6, 6.07) is 19.1. The van der Waals surface area contributed by atoms with Crippen LogP contribution < -0.4 is 10.6 Å². The van der Waals surface area contributed by atoms with Gasteiger partial charge in [0.15, 0.2) is 0 Å². The first-order chi connectivity index (χ1) is 12.1. The summed E-state index contributed by atoms with van der Waals surface area (Å²) < 4.78 is 5.21. The van der Waals surface area contributed by atoms with Crippen LogP contribution in [0.4, 0.5) is 0 Å². The van der Waals surface area contributed by atoms with Gasteiger partial charge < -0.3 is 15.4 Å². The minimum absolute atomic E-state index is 0.107. The van der Waals surface area contributed by atoms with E-state index in [-0.39, 0.29) is 37.1 Å². The molecule has 0 radical (unpaired) electrons. The lowest BCUT2D eigenvalue weighted by Crippen LogP contribution is -2.34. The van der Waals surface area contributed by atoms with Crippen molar-refractivity contribution in [2.75, 3.05) is 13.2 Å². The third kappa shape index (κ3) is 6.39. The molecule has 0 fully saturated rings. The number of carbonyl (C=O) groups excluding carboxylic acids is 2. The summed E-state index contributed by atoms with van der Waals surface area (Å²) in [7, 11) is 0. The lowest BCUT2D eigenvalue weighted by atomic mass is 10.1. The molecule has 2 amide bonds. The van der Waals surface area contributed by atoms with Gasteiger partial charge in [0, 0.05) is 0 Å². The molecule has 0 spiro atoms. The molecule has 0 heterocycles. The van der Waals surface area contributed by atoms with Crippen molar-refractivity contribution in [3.63, 3.8) is 0 Å². The van der Waals surface area contributed by atoms with Crippen molar-refractivity contribution in [3.05, 3.63) is 71.8 Å². The van der Waals surface area contributed by atoms with Crippen LogP contribution in [0.2, 0.25) is 0 Å². The van der Waals surface area contributed by atoms with Crippen LogP contribution >= 0.6 is 0 Å². The Morgan fingerprint density at radius 3 is 1.48 bits per heavy atom. The number of benzene rings is 2. The highest BCUT2D eigenvalue weighted by molar-refractivity contribution is 5.80. The Labute approximate surface area is 148 Å². The van der Waals surface area contributed by atoms with Crippen molar-refractivity contribution in [2.45, 2.75) is 25.9 Å². The molecule has 2 aromatic carbocycles. The smallest absolute Gasteiger partial charge is 0.246 e. The predicted molar refractivity (Wildman–Crippen MR) is 96.8 cm³/mol. The molecule has 0 aliphatic carbocycles. The highest BCUT2D eigenvalue weighted by atomic mass is 16.5. The van der Waals surface area contributed by atoms with Crippen LogP contribution in [0, 0.1) is 0 Å². The zero-order chi connectivity index (χ0) is 18.1. The van der Waals surface area contributed by atoms with Crippen LogP contribution in [0.25, 0.3) is 0 Å². The largest absolute Gasteiger partial charge is 0.362 e. The van der Waals surface area contributed by atoms with Crippen LogP contribution in [0.15, 0.2) is 60.7 Å². The first-order valence-electron chi connectivity index (χ1n) is 8.32. The highest BCUT2D eigenvalue weighted by Crippen LogP contribution is 2.11. The number of hydrogen-bond donors (Lipinski definition) is 2. The van der Waals surface area contributed by atoms with Gasteiger partial charge in [-0.3, -0.25) is 9.59 Å². The van der Waals surface area contributed by atoms with Crippen LogP contribution in [-0.2, 0) is 14.3 Å². The van der Waals surface area contributed by atoms with Gasteiger partial charge in [0.2, 0.25) is 11.8 Å². The number of hydrogen-bond acceptors (Lipinski definition) is 3. The molecule has 0 aliphatic heterocycles. The third-order valence-electron chi connectivity index (χ3n) is 3.82. The molecule has 0 aromatic heterocycles. The molecule has 0 saturated heterocycles. The number of carbonyl (C=O) groups is 2. The number of amides is 2. The molecule has 2 atom stereocenters. The Kier molecular flexibility index (Phi) is 7.16. The molecule has 0 saturated carbocycles. The molecule has 2 rings (SSSR count). The van der Waals surface area contributed by atoms with E-state index >= 15 is 0 Å². The average Bonchev–Trinajstić information content (AvgIpc) is 2.63. The Bertz CT molecular complexity index is 614. The number of ether oxygens (including phenoxy) is 1. The topological polar surface area (TPSA) is 67.4 Å². The Balaban J connectivity index is 1.67. The summed E-state index contributed by atoms with van der Waals surface area (Å²) in [6.07, 6.45) is 0. The van der Waals surface area contributed by atoms with Crippen molar-refractivity contribution in [1.29, 1.82) is 0 Å². The summed E-state index contributed by atoms with van der Waals surface area (Å²) in [5, 5.41) is 5.68. The molecule has 132 valence electrons. The normalized spacial score (nSPS) is 12.9. The Morgan fingerprint density at radius 1 is 0.760 bits per heavy atom. The predicted octanol–water partition coefficient (Wildman–Crippen LogP) is 2.76. The van der Waals surface area contributed by atoms with Crippen molar-refractivity contribution in [3.8, 4) is 0 Å². The van der Waals surface area contributed by atoms with Gasteiger partial charge in [0.05, 0.1) is 12.1 Å². The lowest BCUT2D eigenvalue weighted by Gasteiger charge is -2.15. The van der Waals surface area contributed by atoms with Crippen LogP contribution in [-0.4, -0.2) is 25.0 Å². The van der Waals surface area contributed by atoms with Crippen molar-refractivity contribution in [2.24, 2.45) is 0 Å². The maximum absolute atomic E-state index is 11.9. The van der Waals surface area contributed by atoms with Crippen molar-refractivity contribution in [1.82, 2.24) is 10.6 Å². The van der Waals surface area contributed by atoms with E-state index < -0.39 is 0 Å².